The maximum Gasteiger partial charge on any atom is 0.270 e. The molecule has 6 heteroatoms. The summed E-state index contributed by atoms with van der Waals surface area (Å²) in [5, 5.41) is 9.26. The minimum atomic E-state index is -0.204. The van der Waals surface area contributed by atoms with Gasteiger partial charge in [0.05, 0.1) is 6.42 Å². The van der Waals surface area contributed by atoms with Crippen LogP contribution in [0.2, 0.25) is 5.02 Å². The predicted molar refractivity (Wildman–Crippen MR) is 101 cm³/mol. The maximum absolute atomic E-state index is 12.4. The first-order valence-corrected chi connectivity index (χ1v) is 8.43. The molecule has 128 valence electrons. The number of carbonyl (C=O) groups excluding carboxylic acids is 1. The number of anilines is 1. The zero-order valence-electron chi connectivity index (χ0n) is 13.6. The van der Waals surface area contributed by atoms with Crippen LogP contribution >= 0.6 is 11.6 Å². The molecule has 1 heterocycles. The minimum Gasteiger partial charge on any atom is -0.332 e. The Morgan fingerprint density at radius 3 is 2.62 bits per heavy atom. The van der Waals surface area contributed by atoms with Gasteiger partial charge in [-0.15, -0.1) is 0 Å². The van der Waals surface area contributed by atoms with Crippen molar-refractivity contribution in [3.63, 3.8) is 0 Å². The highest BCUT2D eigenvalue weighted by molar-refractivity contribution is 6.30. The third kappa shape index (κ3) is 3.43. The third-order valence-corrected chi connectivity index (χ3v) is 4.25. The second-order valence-electron chi connectivity index (χ2n) is 5.79. The van der Waals surface area contributed by atoms with Crippen LogP contribution in [-0.4, -0.2) is 16.0 Å². The van der Waals surface area contributed by atoms with E-state index in [9.17, 15) is 4.79 Å². The predicted octanol–water partition coefficient (Wildman–Crippen LogP) is 4.72. The van der Waals surface area contributed by atoms with Crippen molar-refractivity contribution in [1.29, 1.82) is 0 Å². The van der Waals surface area contributed by atoms with Gasteiger partial charge in [0.15, 0.2) is 0 Å². The molecule has 26 heavy (non-hydrogen) atoms. The van der Waals surface area contributed by atoms with Crippen LogP contribution in [0.15, 0.2) is 71.3 Å². The van der Waals surface area contributed by atoms with Crippen LogP contribution < -0.4 is 5.32 Å². The number of nitrogens with zero attached hydrogens (tertiary/aromatic N) is 2. The number of amides is 1. The maximum atomic E-state index is 12.4. The number of aromatic nitrogens is 2. The monoisotopic (exact) mass is 363 g/mol. The average molecular weight is 364 g/mol. The molecule has 4 aromatic rings. The summed E-state index contributed by atoms with van der Waals surface area (Å²) in [5.74, 6) is 0.257. The number of halogens is 1. The number of carbonyl (C=O) groups is 1. The van der Waals surface area contributed by atoms with E-state index in [-0.39, 0.29) is 18.3 Å². The molecule has 0 aliphatic rings. The van der Waals surface area contributed by atoms with Crippen LogP contribution in [0.4, 0.5) is 5.95 Å². The van der Waals surface area contributed by atoms with Gasteiger partial charge in [0.2, 0.25) is 5.91 Å². The molecule has 0 bridgehead atoms. The van der Waals surface area contributed by atoms with Crippen LogP contribution in [0, 0.1) is 0 Å². The van der Waals surface area contributed by atoms with E-state index in [4.69, 9.17) is 16.1 Å². The number of fused-ring (bicyclic) bond motifs is 1. The van der Waals surface area contributed by atoms with Gasteiger partial charge < -0.3 is 4.52 Å². The Morgan fingerprint density at radius 2 is 1.77 bits per heavy atom. The summed E-state index contributed by atoms with van der Waals surface area (Å²) in [6.07, 6.45) is 0.228. The Balaban J connectivity index is 1.49. The van der Waals surface area contributed by atoms with Gasteiger partial charge in [-0.2, -0.15) is 4.98 Å². The fourth-order valence-electron chi connectivity index (χ4n) is 2.77. The lowest BCUT2D eigenvalue weighted by Crippen LogP contribution is -2.15. The van der Waals surface area contributed by atoms with Crippen LogP contribution in [-0.2, 0) is 11.2 Å². The second kappa shape index (κ2) is 6.98. The fraction of sp³-hybridized carbons (Fsp3) is 0.0500. The Morgan fingerprint density at radius 1 is 1.00 bits per heavy atom. The smallest absolute Gasteiger partial charge is 0.270 e. The molecule has 5 nitrogen and oxygen atoms in total. The highest BCUT2D eigenvalue weighted by Crippen LogP contribution is 2.22. The summed E-state index contributed by atoms with van der Waals surface area (Å²) < 4.78 is 5.19. The van der Waals surface area contributed by atoms with Crippen molar-refractivity contribution in [1.82, 2.24) is 10.1 Å². The third-order valence-electron chi connectivity index (χ3n) is 4.00. The van der Waals surface area contributed by atoms with E-state index in [0.717, 1.165) is 21.9 Å². The molecule has 0 aliphatic heterocycles. The summed E-state index contributed by atoms with van der Waals surface area (Å²) in [6, 6.07) is 20.9. The van der Waals surface area contributed by atoms with E-state index in [1.807, 2.05) is 42.5 Å². The zero-order chi connectivity index (χ0) is 17.9. The van der Waals surface area contributed by atoms with E-state index in [1.165, 1.54) is 0 Å². The summed E-state index contributed by atoms with van der Waals surface area (Å²) >= 11 is 5.87. The molecule has 0 unspecified atom stereocenters. The standard InChI is InChI=1S/C20H14ClN3O2/c21-16-10-8-14(9-11-16)19-23-20(24-26-19)22-18(25)12-15-6-3-5-13-4-1-2-7-17(13)15/h1-11H,12H2,(H,22,24,25). The number of rotatable bonds is 4. The van der Waals surface area contributed by atoms with Gasteiger partial charge in [-0.05, 0) is 45.8 Å². The van der Waals surface area contributed by atoms with Gasteiger partial charge in [0.1, 0.15) is 0 Å². The van der Waals surface area contributed by atoms with E-state index in [0.29, 0.717) is 10.9 Å². The molecule has 1 N–H and O–H groups in total. The zero-order valence-corrected chi connectivity index (χ0v) is 14.4. The first-order valence-electron chi connectivity index (χ1n) is 8.05. The largest absolute Gasteiger partial charge is 0.332 e. The van der Waals surface area contributed by atoms with Gasteiger partial charge in [-0.25, -0.2) is 0 Å². The molecular weight excluding hydrogens is 350 g/mol. The number of hydrogen-bond acceptors (Lipinski definition) is 4. The molecule has 0 spiro atoms. The summed E-state index contributed by atoms with van der Waals surface area (Å²) in [5.41, 5.74) is 1.68. The summed E-state index contributed by atoms with van der Waals surface area (Å²) in [6.45, 7) is 0. The van der Waals surface area contributed by atoms with Gasteiger partial charge in [0, 0.05) is 10.6 Å². The van der Waals surface area contributed by atoms with Crippen molar-refractivity contribution >= 4 is 34.2 Å². The fourth-order valence-corrected chi connectivity index (χ4v) is 2.90. The quantitative estimate of drug-likeness (QED) is 0.569. The Kier molecular flexibility index (Phi) is 4.37. The molecule has 1 aromatic heterocycles. The SMILES string of the molecule is O=C(Cc1cccc2ccccc12)Nc1noc(-c2ccc(Cl)cc2)n1. The lowest BCUT2D eigenvalue weighted by molar-refractivity contribution is -0.115. The molecule has 0 fully saturated rings. The van der Waals surface area contributed by atoms with E-state index in [2.05, 4.69) is 15.5 Å². The molecule has 1 amide bonds. The van der Waals surface area contributed by atoms with E-state index < -0.39 is 0 Å². The molecule has 0 aliphatic carbocycles. The van der Waals surface area contributed by atoms with Crippen LogP contribution in [0.1, 0.15) is 5.56 Å². The molecule has 0 saturated carbocycles. The summed E-state index contributed by atoms with van der Waals surface area (Å²) in [4.78, 5) is 16.6. The minimum absolute atomic E-state index is 0.139. The lowest BCUT2D eigenvalue weighted by Gasteiger charge is -2.05. The highest BCUT2D eigenvalue weighted by Gasteiger charge is 2.13. The highest BCUT2D eigenvalue weighted by atomic mass is 35.5. The van der Waals surface area contributed by atoms with Crippen molar-refractivity contribution in [3.05, 3.63) is 77.3 Å². The normalized spacial score (nSPS) is 10.8. The van der Waals surface area contributed by atoms with Crippen LogP contribution in [0.5, 0.6) is 0 Å². The van der Waals surface area contributed by atoms with Gasteiger partial charge in [-0.1, -0.05) is 54.1 Å². The van der Waals surface area contributed by atoms with E-state index in [1.54, 1.807) is 24.3 Å². The first-order chi connectivity index (χ1) is 12.7. The Hall–Kier alpha value is -3.18. The van der Waals surface area contributed by atoms with Gasteiger partial charge in [-0.3, -0.25) is 10.1 Å². The van der Waals surface area contributed by atoms with E-state index >= 15 is 0 Å². The van der Waals surface area contributed by atoms with Crippen molar-refractivity contribution < 1.29 is 9.32 Å². The Bertz CT molecular complexity index is 1070. The van der Waals surface area contributed by atoms with Crippen molar-refractivity contribution in [3.8, 4) is 11.5 Å². The molecule has 3 aromatic carbocycles. The van der Waals surface area contributed by atoms with Gasteiger partial charge >= 0.3 is 0 Å². The van der Waals surface area contributed by atoms with Gasteiger partial charge in [0.25, 0.3) is 11.8 Å². The van der Waals surface area contributed by atoms with Crippen molar-refractivity contribution in [2.75, 3.05) is 5.32 Å². The number of benzene rings is 3. The van der Waals surface area contributed by atoms with Crippen molar-refractivity contribution in [2.45, 2.75) is 6.42 Å². The molecule has 4 rings (SSSR count). The summed E-state index contributed by atoms with van der Waals surface area (Å²) in [7, 11) is 0. The van der Waals surface area contributed by atoms with Crippen molar-refractivity contribution in [2.24, 2.45) is 0 Å². The number of hydrogen-bond donors (Lipinski definition) is 1. The molecule has 0 radical (unpaired) electrons. The van der Waals surface area contributed by atoms with Crippen LogP contribution in [0.25, 0.3) is 22.2 Å². The van der Waals surface area contributed by atoms with Crippen LogP contribution in [0.3, 0.4) is 0 Å². The molecular formula is C20H14ClN3O2. The molecule has 0 atom stereocenters. The Labute approximate surface area is 154 Å². The number of nitrogens with one attached hydrogen (secondary N) is 1. The lowest BCUT2D eigenvalue weighted by atomic mass is 10.0. The second-order valence-corrected chi connectivity index (χ2v) is 6.23. The first kappa shape index (κ1) is 16.3. The average Bonchev–Trinajstić information content (AvgIpc) is 3.11. The topological polar surface area (TPSA) is 68.0 Å². The molecule has 0 saturated heterocycles.